The molecule has 1 amide bonds. The van der Waals surface area contributed by atoms with E-state index in [0.29, 0.717) is 59.2 Å². The van der Waals surface area contributed by atoms with Crippen LogP contribution in [0.15, 0.2) is 36.7 Å². The summed E-state index contributed by atoms with van der Waals surface area (Å²) in [7, 11) is 3.67. The van der Waals surface area contributed by atoms with Gasteiger partial charge in [0.1, 0.15) is 0 Å². The van der Waals surface area contributed by atoms with Crippen molar-refractivity contribution >= 4 is 42.5 Å². The second-order valence-electron chi connectivity index (χ2n) is 11.8. The molecule has 1 aromatic carbocycles. The molecule has 3 aliphatic rings. The molecule has 3 aliphatic heterocycles. The molecule has 13 heteroatoms. The maximum atomic E-state index is 13.7. The number of anilines is 2. The van der Waals surface area contributed by atoms with E-state index < -0.39 is 25.6 Å². The quantitative estimate of drug-likeness (QED) is 0.250. The number of benzene rings is 1. The number of hydrogen-bond acceptors (Lipinski definition) is 7. The average molecular weight is 676 g/mol. The van der Waals surface area contributed by atoms with Gasteiger partial charge >= 0.3 is 236 Å². The molecule has 234 valence electrons. The van der Waals surface area contributed by atoms with Gasteiger partial charge in [0, 0.05) is 0 Å². The van der Waals surface area contributed by atoms with Gasteiger partial charge < -0.3 is 4.74 Å². The van der Waals surface area contributed by atoms with Gasteiger partial charge in [0.25, 0.3) is 0 Å². The number of fused-ring (bicyclic) bond motifs is 3. The van der Waals surface area contributed by atoms with Crippen LogP contribution in [0.5, 0.6) is 5.75 Å². The summed E-state index contributed by atoms with van der Waals surface area (Å²) in [5, 5.41) is 5.33. The van der Waals surface area contributed by atoms with Gasteiger partial charge in [-0.2, -0.15) is 0 Å². The van der Waals surface area contributed by atoms with Crippen LogP contribution in [0.25, 0.3) is 5.52 Å². The molecule has 3 N–H and O–H groups in total. The van der Waals surface area contributed by atoms with Gasteiger partial charge in [-0.1, -0.05) is 0 Å². The van der Waals surface area contributed by atoms with E-state index in [1.807, 2.05) is 6.92 Å². The van der Waals surface area contributed by atoms with E-state index in [-0.39, 0.29) is 23.1 Å². The topological polar surface area (TPSA) is 92.2 Å². The Kier molecular flexibility index (Phi) is 8.46. The van der Waals surface area contributed by atoms with Crippen molar-refractivity contribution in [3.8, 4) is 17.6 Å². The number of aromatic nitrogens is 2. The number of likely N-dealkylation sites (N-methyl/N-ethyl adjacent to an activating group) is 1. The van der Waals surface area contributed by atoms with Crippen molar-refractivity contribution in [1.29, 1.82) is 0 Å². The Morgan fingerprint density at radius 2 is 2.02 bits per heavy atom. The second kappa shape index (κ2) is 12.2. The SMILES string of the molecule is COc1ccc(C(=O)NC2(C)COC2)cc1NCC#Cc1cc2c(N[C@@H]3CC[C@@H]4CC[C@H]3N4C)nccn2c1[Se]C(F)(F)F. The third kappa shape index (κ3) is 6.35. The molecule has 2 bridgehead atoms. The number of carbonyl (C=O) groups excluding carboxylic acids is 1. The zero-order valence-electron chi connectivity index (χ0n) is 24.8. The maximum absolute atomic E-state index is 13.7. The summed E-state index contributed by atoms with van der Waals surface area (Å²) < 4.78 is 53.6. The summed E-state index contributed by atoms with van der Waals surface area (Å²) in [4.78, 5) is 19.7. The van der Waals surface area contributed by atoms with Crippen LogP contribution < -0.4 is 25.3 Å². The van der Waals surface area contributed by atoms with Crippen molar-refractivity contribution in [1.82, 2.24) is 19.6 Å². The van der Waals surface area contributed by atoms with Crippen molar-refractivity contribution in [2.24, 2.45) is 0 Å². The van der Waals surface area contributed by atoms with Gasteiger partial charge in [-0.25, -0.2) is 0 Å². The molecule has 44 heavy (non-hydrogen) atoms. The monoisotopic (exact) mass is 676 g/mol. The molecular formula is C31H35F3N6O3Se. The number of amides is 1. The fraction of sp³-hybridized carbons (Fsp3) is 0.484. The van der Waals surface area contributed by atoms with E-state index in [1.54, 1.807) is 41.1 Å². The zero-order chi connectivity index (χ0) is 31.1. The number of carbonyl (C=O) groups is 1. The number of halogens is 3. The van der Waals surface area contributed by atoms with Gasteiger partial charge in [-0.05, 0) is 6.92 Å². The molecule has 3 aromatic rings. The van der Waals surface area contributed by atoms with Crippen molar-refractivity contribution in [3.05, 3.63) is 47.8 Å². The summed E-state index contributed by atoms with van der Waals surface area (Å²) in [5.74, 6) is 6.79. The third-order valence-electron chi connectivity index (χ3n) is 8.66. The van der Waals surface area contributed by atoms with Crippen molar-refractivity contribution < 1.29 is 27.4 Å². The molecule has 0 saturated carbocycles. The standard InChI is InChI=1S/C31H35F3N6O3Se/c1-30(17-43-18-30)38-28(41)19-6-11-26(42-3)23(15-19)35-12-4-5-20-16-25-27(36-13-14-40(25)29(20)44-31(32,33)34)37-22-9-7-21-8-10-24(22)39(21)2/h6,11,13-16,21-22,24,35H,7-10,12,17-18H2,1-3H3,(H,36,37)(H,38,41)/t21-,22-,24-/m1/s1. The number of nitrogens with one attached hydrogen (secondary N) is 3. The summed E-state index contributed by atoms with van der Waals surface area (Å²) >= 11 is -1.81. The summed E-state index contributed by atoms with van der Waals surface area (Å²) in [6, 6.07) is 7.90. The Morgan fingerprint density at radius 3 is 2.75 bits per heavy atom. The molecule has 2 aromatic heterocycles. The van der Waals surface area contributed by atoms with Crippen LogP contribution in [-0.4, -0.2) is 97.8 Å². The molecular weight excluding hydrogens is 640 g/mol. The number of rotatable bonds is 8. The van der Waals surface area contributed by atoms with Crippen LogP contribution in [0.4, 0.5) is 24.7 Å². The Morgan fingerprint density at radius 1 is 1.23 bits per heavy atom. The molecule has 3 saturated heterocycles. The molecule has 6 rings (SSSR count). The van der Waals surface area contributed by atoms with Crippen LogP contribution in [-0.2, 0) is 4.74 Å². The molecule has 9 nitrogen and oxygen atoms in total. The number of hydrogen-bond donors (Lipinski definition) is 3. The Labute approximate surface area is 260 Å². The first-order valence-corrected chi connectivity index (χ1v) is 16.3. The van der Waals surface area contributed by atoms with Crippen LogP contribution >= 0.6 is 0 Å². The Bertz CT molecular complexity index is 1610. The van der Waals surface area contributed by atoms with Crippen molar-refractivity contribution in [3.63, 3.8) is 0 Å². The van der Waals surface area contributed by atoms with Gasteiger partial charge in [-0.15, -0.1) is 0 Å². The fourth-order valence-corrected chi connectivity index (χ4v) is 7.83. The minimum absolute atomic E-state index is 0.123. The third-order valence-corrected chi connectivity index (χ3v) is 10.4. The summed E-state index contributed by atoms with van der Waals surface area (Å²) in [5.41, 5.74) is 1.49. The Balaban J connectivity index is 1.23. The van der Waals surface area contributed by atoms with E-state index in [9.17, 15) is 18.0 Å². The fourth-order valence-electron chi connectivity index (χ4n) is 6.37. The van der Waals surface area contributed by atoms with Gasteiger partial charge in [-0.3, -0.25) is 0 Å². The molecule has 0 aliphatic carbocycles. The second-order valence-corrected chi connectivity index (χ2v) is 14.0. The Hall–Kier alpha value is -3.43. The zero-order valence-corrected chi connectivity index (χ0v) is 26.5. The van der Waals surface area contributed by atoms with Crippen LogP contribution in [0.3, 0.4) is 0 Å². The molecule has 3 atom stereocenters. The molecule has 5 heterocycles. The summed E-state index contributed by atoms with van der Waals surface area (Å²) in [6.45, 7) is 2.95. The number of piperidine rings is 1. The van der Waals surface area contributed by atoms with E-state index in [1.165, 1.54) is 13.5 Å². The van der Waals surface area contributed by atoms with Gasteiger partial charge in [0.15, 0.2) is 0 Å². The van der Waals surface area contributed by atoms with Crippen molar-refractivity contribution in [2.45, 2.75) is 61.3 Å². The molecule has 0 unspecified atom stereocenters. The van der Waals surface area contributed by atoms with Crippen LogP contribution in [0, 0.1) is 11.8 Å². The first kappa shape index (κ1) is 30.6. The van der Waals surface area contributed by atoms with E-state index in [4.69, 9.17) is 9.47 Å². The van der Waals surface area contributed by atoms with Gasteiger partial charge in [0.2, 0.25) is 0 Å². The molecule has 0 spiro atoms. The van der Waals surface area contributed by atoms with Crippen LogP contribution in [0.2, 0.25) is 0 Å². The predicted octanol–water partition coefficient (Wildman–Crippen LogP) is 3.21. The first-order chi connectivity index (χ1) is 21.0. The molecule has 3 fully saturated rings. The number of nitrogens with zero attached hydrogens (tertiary/aromatic N) is 3. The van der Waals surface area contributed by atoms with Crippen LogP contribution in [0.1, 0.15) is 48.5 Å². The minimum atomic E-state index is -4.35. The van der Waals surface area contributed by atoms with E-state index in [2.05, 4.69) is 44.7 Å². The van der Waals surface area contributed by atoms with Gasteiger partial charge in [0.05, 0.1) is 13.2 Å². The molecule has 0 radical (unpaired) electrons. The van der Waals surface area contributed by atoms with Crippen molar-refractivity contribution in [2.75, 3.05) is 44.5 Å². The van der Waals surface area contributed by atoms with E-state index >= 15 is 0 Å². The number of methoxy groups -OCH3 is 1. The number of ether oxygens (including phenoxy) is 2. The van der Waals surface area contributed by atoms with E-state index in [0.717, 1.165) is 19.3 Å². The first-order valence-electron chi connectivity index (χ1n) is 14.6. The average Bonchev–Trinajstić information content (AvgIpc) is 3.42. The predicted molar refractivity (Wildman–Crippen MR) is 163 cm³/mol. The summed E-state index contributed by atoms with van der Waals surface area (Å²) in [6.07, 6.45) is 7.48. The normalized spacial score (nSPS) is 22.5. The number of alkyl halides is 3.